The molecule has 1 amide bonds. The summed E-state index contributed by atoms with van der Waals surface area (Å²) in [6.07, 6.45) is 0. The summed E-state index contributed by atoms with van der Waals surface area (Å²) in [5, 5.41) is 12.5. The Bertz CT molecular complexity index is 935. The highest BCUT2D eigenvalue weighted by Gasteiger charge is 2.29. The number of hydrogen-bond acceptors (Lipinski definition) is 6. The minimum Gasteiger partial charge on any atom is -0.309 e. The molecule has 0 bridgehead atoms. The lowest BCUT2D eigenvalue weighted by Crippen LogP contribution is -2.55. The topological polar surface area (TPSA) is 71.1 Å². The van der Waals surface area contributed by atoms with E-state index >= 15 is 0 Å². The Balaban J connectivity index is 1.52. The Morgan fingerprint density at radius 3 is 2.25 bits per heavy atom. The van der Waals surface area contributed by atoms with Crippen molar-refractivity contribution in [2.75, 3.05) is 32.7 Å². The van der Waals surface area contributed by atoms with Gasteiger partial charge in [-0.25, -0.2) is 5.48 Å². The molecule has 0 spiro atoms. The van der Waals surface area contributed by atoms with E-state index in [4.69, 9.17) is 5.21 Å². The first-order valence-electron chi connectivity index (χ1n) is 13.4. The Hall–Kier alpha value is -2.29. The molecule has 198 valence electrons. The van der Waals surface area contributed by atoms with Gasteiger partial charge >= 0.3 is 0 Å². The van der Waals surface area contributed by atoms with Crippen LogP contribution in [0.5, 0.6) is 0 Å². The number of nitrogens with zero attached hydrogens (tertiary/aromatic N) is 3. The average molecular weight is 496 g/mol. The Labute approximate surface area is 217 Å². The molecular weight excluding hydrogens is 450 g/mol. The molecule has 7 nitrogen and oxygen atoms in total. The van der Waals surface area contributed by atoms with Crippen molar-refractivity contribution in [1.82, 2.24) is 25.5 Å². The molecule has 3 N–H and O–H groups in total. The standard InChI is InChI=1S/C29H45N5O2/c1-6-32(7-2)17-22(3)30-16-26-9-8-10-27(15-26)21-34-23(4)18-33(19-24(34)5)20-25-11-13-28(14-12-25)29(35)31-36/h8-15,22-24,30,36H,6-7,16-21H2,1-5H3,(H,31,35)/t22?,23-,24+. The summed E-state index contributed by atoms with van der Waals surface area (Å²) < 4.78 is 0. The van der Waals surface area contributed by atoms with Gasteiger partial charge in [-0.2, -0.15) is 0 Å². The van der Waals surface area contributed by atoms with Crippen LogP contribution in [-0.2, 0) is 19.6 Å². The van der Waals surface area contributed by atoms with Gasteiger partial charge in [0.05, 0.1) is 0 Å². The van der Waals surface area contributed by atoms with Crippen molar-refractivity contribution < 1.29 is 10.0 Å². The lowest BCUT2D eigenvalue weighted by atomic mass is 10.0. The van der Waals surface area contributed by atoms with Crippen LogP contribution in [0.3, 0.4) is 0 Å². The van der Waals surface area contributed by atoms with Gasteiger partial charge in [0.25, 0.3) is 5.91 Å². The van der Waals surface area contributed by atoms with Crippen LogP contribution in [0.15, 0.2) is 48.5 Å². The first-order valence-corrected chi connectivity index (χ1v) is 13.4. The zero-order valence-corrected chi connectivity index (χ0v) is 22.7. The maximum Gasteiger partial charge on any atom is 0.274 e. The summed E-state index contributed by atoms with van der Waals surface area (Å²) in [6, 6.07) is 17.8. The highest BCUT2D eigenvalue weighted by Crippen LogP contribution is 2.21. The molecule has 2 aromatic carbocycles. The van der Waals surface area contributed by atoms with Crippen LogP contribution < -0.4 is 10.8 Å². The van der Waals surface area contributed by atoms with Gasteiger partial charge < -0.3 is 10.2 Å². The van der Waals surface area contributed by atoms with Crippen molar-refractivity contribution in [3.05, 3.63) is 70.8 Å². The SMILES string of the molecule is CCN(CC)CC(C)NCc1cccc(CN2[C@H](C)CN(Cc3ccc(C(=O)NO)cc3)C[C@@H]2C)c1. The number of amides is 1. The van der Waals surface area contributed by atoms with Crippen molar-refractivity contribution in [1.29, 1.82) is 0 Å². The van der Waals surface area contributed by atoms with Crippen LogP contribution in [0.2, 0.25) is 0 Å². The van der Waals surface area contributed by atoms with E-state index in [0.29, 0.717) is 23.7 Å². The van der Waals surface area contributed by atoms with E-state index in [1.165, 1.54) is 16.7 Å². The van der Waals surface area contributed by atoms with E-state index in [1.807, 2.05) is 12.1 Å². The largest absolute Gasteiger partial charge is 0.309 e. The van der Waals surface area contributed by atoms with Crippen molar-refractivity contribution >= 4 is 5.91 Å². The fourth-order valence-electron chi connectivity index (χ4n) is 5.27. The van der Waals surface area contributed by atoms with Crippen LogP contribution in [0.1, 0.15) is 61.7 Å². The second kappa shape index (κ2) is 13.9. The average Bonchev–Trinajstić information content (AvgIpc) is 2.88. The number of piperazine rings is 1. The number of benzene rings is 2. The zero-order chi connectivity index (χ0) is 26.1. The van der Waals surface area contributed by atoms with Crippen LogP contribution in [0, 0.1) is 0 Å². The van der Waals surface area contributed by atoms with Gasteiger partial charge in [0.2, 0.25) is 0 Å². The highest BCUT2D eigenvalue weighted by atomic mass is 16.5. The van der Waals surface area contributed by atoms with Gasteiger partial charge in [0.1, 0.15) is 0 Å². The Morgan fingerprint density at radius 2 is 1.64 bits per heavy atom. The molecule has 3 atom stereocenters. The fraction of sp³-hybridized carbons (Fsp3) is 0.552. The number of hydrogen-bond donors (Lipinski definition) is 3. The maximum absolute atomic E-state index is 11.6. The Morgan fingerprint density at radius 1 is 1.00 bits per heavy atom. The lowest BCUT2D eigenvalue weighted by molar-refractivity contribution is 0.0290. The molecule has 3 rings (SSSR count). The van der Waals surface area contributed by atoms with Crippen molar-refractivity contribution in [2.45, 2.75) is 72.4 Å². The van der Waals surface area contributed by atoms with E-state index in [1.54, 1.807) is 17.6 Å². The predicted octanol–water partition coefficient (Wildman–Crippen LogP) is 3.72. The van der Waals surface area contributed by atoms with Gasteiger partial charge in [-0.05, 0) is 62.7 Å². The Kier molecular flexibility index (Phi) is 10.9. The molecular formula is C29H45N5O2. The monoisotopic (exact) mass is 495 g/mol. The molecule has 1 saturated heterocycles. The molecule has 1 fully saturated rings. The summed E-state index contributed by atoms with van der Waals surface area (Å²) in [4.78, 5) is 19.1. The number of rotatable bonds is 12. The first-order chi connectivity index (χ1) is 17.3. The molecule has 0 aromatic heterocycles. The molecule has 1 aliphatic rings. The van der Waals surface area contributed by atoms with Crippen LogP contribution in [0.4, 0.5) is 0 Å². The zero-order valence-electron chi connectivity index (χ0n) is 22.7. The third-order valence-electron chi connectivity index (χ3n) is 7.34. The summed E-state index contributed by atoms with van der Waals surface area (Å²) in [5.41, 5.74) is 6.03. The van der Waals surface area contributed by atoms with Gasteiger partial charge in [0, 0.05) is 63.0 Å². The molecule has 1 aliphatic heterocycles. The summed E-state index contributed by atoms with van der Waals surface area (Å²) in [6.45, 7) is 19.3. The van der Waals surface area contributed by atoms with Crippen LogP contribution >= 0.6 is 0 Å². The lowest BCUT2D eigenvalue weighted by Gasteiger charge is -2.44. The third kappa shape index (κ3) is 8.11. The van der Waals surface area contributed by atoms with E-state index in [9.17, 15) is 4.79 Å². The fourth-order valence-corrected chi connectivity index (χ4v) is 5.27. The normalized spacial score (nSPS) is 20.0. The highest BCUT2D eigenvalue weighted by molar-refractivity contribution is 5.93. The molecule has 2 aromatic rings. The van der Waals surface area contributed by atoms with E-state index in [0.717, 1.165) is 52.4 Å². The van der Waals surface area contributed by atoms with Gasteiger partial charge in [0.15, 0.2) is 0 Å². The minimum absolute atomic E-state index is 0.448. The predicted molar refractivity (Wildman–Crippen MR) is 146 cm³/mol. The van der Waals surface area contributed by atoms with Crippen molar-refractivity contribution in [3.63, 3.8) is 0 Å². The quantitative estimate of drug-likeness (QED) is 0.308. The number of nitrogens with one attached hydrogen (secondary N) is 2. The van der Waals surface area contributed by atoms with Crippen molar-refractivity contribution in [2.24, 2.45) is 0 Å². The van der Waals surface area contributed by atoms with Crippen LogP contribution in [-0.4, -0.2) is 76.7 Å². The van der Waals surface area contributed by atoms with Gasteiger partial charge in [-0.1, -0.05) is 50.2 Å². The first kappa shape index (κ1) is 28.3. The van der Waals surface area contributed by atoms with E-state index in [-0.39, 0.29) is 0 Å². The summed E-state index contributed by atoms with van der Waals surface area (Å²) in [5.74, 6) is -0.480. The summed E-state index contributed by atoms with van der Waals surface area (Å²) in [7, 11) is 0. The number of carbonyl (C=O) groups is 1. The molecule has 0 radical (unpaired) electrons. The number of carbonyl (C=O) groups excluding carboxylic acids is 1. The summed E-state index contributed by atoms with van der Waals surface area (Å²) >= 11 is 0. The number of likely N-dealkylation sites (N-methyl/N-ethyl adjacent to an activating group) is 1. The van der Waals surface area contributed by atoms with Gasteiger partial charge in [-0.15, -0.1) is 0 Å². The molecule has 36 heavy (non-hydrogen) atoms. The maximum atomic E-state index is 11.6. The third-order valence-corrected chi connectivity index (χ3v) is 7.34. The van der Waals surface area contributed by atoms with Gasteiger partial charge in [-0.3, -0.25) is 19.8 Å². The molecule has 0 aliphatic carbocycles. The molecule has 1 heterocycles. The minimum atomic E-state index is -0.480. The second-order valence-corrected chi connectivity index (χ2v) is 10.3. The molecule has 1 unspecified atom stereocenters. The second-order valence-electron chi connectivity index (χ2n) is 10.3. The number of hydroxylamine groups is 1. The molecule has 7 heteroatoms. The smallest absolute Gasteiger partial charge is 0.274 e. The van der Waals surface area contributed by atoms with Crippen molar-refractivity contribution in [3.8, 4) is 0 Å². The van der Waals surface area contributed by atoms with E-state index < -0.39 is 5.91 Å². The van der Waals surface area contributed by atoms with E-state index in [2.05, 4.69) is 78.9 Å². The van der Waals surface area contributed by atoms with Crippen LogP contribution in [0.25, 0.3) is 0 Å². The molecule has 0 saturated carbocycles.